The van der Waals surface area contributed by atoms with E-state index in [1.54, 1.807) is 0 Å². The molecule has 1 aromatic rings. The molecule has 0 saturated heterocycles. The molecule has 0 bridgehead atoms. The highest BCUT2D eigenvalue weighted by atomic mass is 35.5. The van der Waals surface area contributed by atoms with Crippen molar-refractivity contribution in [3.63, 3.8) is 0 Å². The summed E-state index contributed by atoms with van der Waals surface area (Å²) in [5.41, 5.74) is 4.01. The zero-order valence-electron chi connectivity index (χ0n) is 9.63. The molecule has 2 unspecified atom stereocenters. The molecule has 0 fully saturated rings. The number of hydrogen-bond donors (Lipinski definition) is 2. The molecular weight excluding hydrogens is 243 g/mol. The first kappa shape index (κ1) is 13.8. The Labute approximate surface area is 107 Å². The van der Waals surface area contributed by atoms with Crippen molar-refractivity contribution in [2.75, 3.05) is 0 Å². The lowest BCUT2D eigenvalue weighted by Crippen LogP contribution is -2.41. The molecule has 0 radical (unpaired) electrons. The Balaban J connectivity index is 2.74. The van der Waals surface area contributed by atoms with Gasteiger partial charge < -0.3 is 0 Å². The van der Waals surface area contributed by atoms with E-state index in [2.05, 4.69) is 19.3 Å². The third-order valence-corrected chi connectivity index (χ3v) is 3.72. The molecule has 0 spiro atoms. The van der Waals surface area contributed by atoms with Crippen molar-refractivity contribution >= 4 is 23.2 Å². The largest absolute Gasteiger partial charge is 0.271 e. The van der Waals surface area contributed by atoms with Gasteiger partial charge in [0.05, 0.1) is 10.0 Å². The van der Waals surface area contributed by atoms with Crippen LogP contribution < -0.4 is 11.3 Å². The van der Waals surface area contributed by atoms with E-state index in [9.17, 15) is 0 Å². The third-order valence-electron chi connectivity index (χ3n) is 2.98. The lowest BCUT2D eigenvalue weighted by atomic mass is 9.93. The second-order valence-electron chi connectivity index (χ2n) is 4.11. The standard InChI is InChI=1S/C12H18Cl2N2/c1-3-8(2)12(16-15)7-9-4-5-10(13)11(14)6-9/h4-6,8,12,16H,3,7,15H2,1-2H3. The Kier molecular flexibility index (Phi) is 5.56. The van der Waals surface area contributed by atoms with Gasteiger partial charge in [-0.05, 0) is 30.0 Å². The van der Waals surface area contributed by atoms with Crippen molar-refractivity contribution in [3.05, 3.63) is 33.8 Å². The van der Waals surface area contributed by atoms with Crippen LogP contribution >= 0.6 is 23.2 Å². The van der Waals surface area contributed by atoms with Crippen molar-refractivity contribution < 1.29 is 0 Å². The number of hydrogen-bond acceptors (Lipinski definition) is 2. The summed E-state index contributed by atoms with van der Waals surface area (Å²) in [7, 11) is 0. The van der Waals surface area contributed by atoms with E-state index in [0.717, 1.165) is 18.4 Å². The summed E-state index contributed by atoms with van der Waals surface area (Å²) < 4.78 is 0. The fraction of sp³-hybridized carbons (Fsp3) is 0.500. The average molecular weight is 261 g/mol. The predicted molar refractivity (Wildman–Crippen MR) is 70.7 cm³/mol. The molecule has 16 heavy (non-hydrogen) atoms. The van der Waals surface area contributed by atoms with Crippen LogP contribution in [0, 0.1) is 5.92 Å². The van der Waals surface area contributed by atoms with Crippen LogP contribution in [0.15, 0.2) is 18.2 Å². The van der Waals surface area contributed by atoms with Crippen molar-refractivity contribution in [3.8, 4) is 0 Å². The van der Waals surface area contributed by atoms with Crippen molar-refractivity contribution in [2.24, 2.45) is 11.8 Å². The molecule has 2 nitrogen and oxygen atoms in total. The van der Waals surface area contributed by atoms with Crippen LogP contribution in [0.25, 0.3) is 0 Å². The second kappa shape index (κ2) is 6.45. The van der Waals surface area contributed by atoms with E-state index in [0.29, 0.717) is 16.0 Å². The second-order valence-corrected chi connectivity index (χ2v) is 4.93. The summed E-state index contributed by atoms with van der Waals surface area (Å²) in [6, 6.07) is 5.98. The molecule has 0 amide bonds. The molecule has 2 atom stereocenters. The minimum Gasteiger partial charge on any atom is -0.271 e. The van der Waals surface area contributed by atoms with Crippen LogP contribution in [0.3, 0.4) is 0 Å². The SMILES string of the molecule is CCC(C)C(Cc1ccc(Cl)c(Cl)c1)NN. The van der Waals surface area contributed by atoms with Gasteiger partial charge in [-0.1, -0.05) is 49.5 Å². The highest BCUT2D eigenvalue weighted by molar-refractivity contribution is 6.42. The Morgan fingerprint density at radius 2 is 2.00 bits per heavy atom. The molecule has 0 saturated carbocycles. The van der Waals surface area contributed by atoms with Crippen LogP contribution in [-0.2, 0) is 6.42 Å². The predicted octanol–water partition coefficient (Wildman–Crippen LogP) is 3.41. The van der Waals surface area contributed by atoms with Gasteiger partial charge in [0.15, 0.2) is 0 Å². The van der Waals surface area contributed by atoms with E-state index in [4.69, 9.17) is 29.0 Å². The first-order valence-electron chi connectivity index (χ1n) is 5.48. The van der Waals surface area contributed by atoms with Gasteiger partial charge in [0, 0.05) is 6.04 Å². The number of benzene rings is 1. The molecule has 1 aromatic carbocycles. The minimum absolute atomic E-state index is 0.266. The smallest absolute Gasteiger partial charge is 0.0595 e. The topological polar surface area (TPSA) is 38.0 Å². The first-order chi connectivity index (χ1) is 7.58. The molecule has 4 heteroatoms. The average Bonchev–Trinajstić information content (AvgIpc) is 2.29. The van der Waals surface area contributed by atoms with E-state index >= 15 is 0 Å². The normalized spacial score (nSPS) is 14.8. The maximum Gasteiger partial charge on any atom is 0.0595 e. The Bertz CT molecular complexity index is 342. The number of hydrazine groups is 1. The summed E-state index contributed by atoms with van der Waals surface area (Å²) in [5.74, 6) is 6.08. The summed E-state index contributed by atoms with van der Waals surface area (Å²) in [5, 5.41) is 1.19. The Hall–Kier alpha value is -0.280. The summed E-state index contributed by atoms with van der Waals surface area (Å²) in [4.78, 5) is 0. The van der Waals surface area contributed by atoms with Crippen LogP contribution in [-0.4, -0.2) is 6.04 Å². The van der Waals surface area contributed by atoms with E-state index < -0.39 is 0 Å². The molecule has 0 aromatic heterocycles. The quantitative estimate of drug-likeness (QED) is 0.629. The number of nitrogens with one attached hydrogen (secondary N) is 1. The van der Waals surface area contributed by atoms with Crippen LogP contribution in [0.4, 0.5) is 0 Å². The van der Waals surface area contributed by atoms with Crippen molar-refractivity contribution in [2.45, 2.75) is 32.7 Å². The maximum absolute atomic E-state index is 5.97. The fourth-order valence-electron chi connectivity index (χ4n) is 1.63. The first-order valence-corrected chi connectivity index (χ1v) is 6.24. The number of halogens is 2. The van der Waals surface area contributed by atoms with Crippen LogP contribution in [0.1, 0.15) is 25.8 Å². The molecule has 0 aliphatic heterocycles. The number of nitrogens with two attached hydrogens (primary N) is 1. The van der Waals surface area contributed by atoms with Gasteiger partial charge in [-0.2, -0.15) is 0 Å². The van der Waals surface area contributed by atoms with Crippen molar-refractivity contribution in [1.29, 1.82) is 0 Å². The zero-order chi connectivity index (χ0) is 12.1. The fourth-order valence-corrected chi connectivity index (χ4v) is 1.95. The summed E-state index contributed by atoms with van der Waals surface area (Å²) in [6.45, 7) is 4.34. The zero-order valence-corrected chi connectivity index (χ0v) is 11.1. The number of rotatable bonds is 5. The molecule has 3 N–H and O–H groups in total. The van der Waals surface area contributed by atoms with E-state index in [-0.39, 0.29) is 6.04 Å². The lowest BCUT2D eigenvalue weighted by molar-refractivity contribution is 0.370. The van der Waals surface area contributed by atoms with Gasteiger partial charge in [-0.25, -0.2) is 0 Å². The minimum atomic E-state index is 0.266. The molecule has 0 heterocycles. The highest BCUT2D eigenvalue weighted by Crippen LogP contribution is 2.24. The highest BCUT2D eigenvalue weighted by Gasteiger charge is 2.14. The van der Waals surface area contributed by atoms with Gasteiger partial charge in [0.2, 0.25) is 0 Å². The third kappa shape index (κ3) is 3.63. The molecule has 0 aliphatic carbocycles. The Morgan fingerprint density at radius 3 is 2.50 bits per heavy atom. The molecule has 90 valence electrons. The van der Waals surface area contributed by atoms with Gasteiger partial charge in [0.25, 0.3) is 0 Å². The molecule has 1 rings (SSSR count). The summed E-state index contributed by atoms with van der Waals surface area (Å²) in [6.07, 6.45) is 1.96. The Morgan fingerprint density at radius 1 is 1.31 bits per heavy atom. The van der Waals surface area contributed by atoms with Crippen molar-refractivity contribution in [1.82, 2.24) is 5.43 Å². The van der Waals surface area contributed by atoms with Crippen LogP contribution in [0.5, 0.6) is 0 Å². The van der Waals surface area contributed by atoms with Gasteiger partial charge >= 0.3 is 0 Å². The van der Waals surface area contributed by atoms with Gasteiger partial charge in [0.1, 0.15) is 0 Å². The van der Waals surface area contributed by atoms with E-state index in [1.807, 2.05) is 18.2 Å². The molecule has 0 aliphatic rings. The maximum atomic E-state index is 5.97. The van der Waals surface area contributed by atoms with Gasteiger partial charge in [-0.15, -0.1) is 0 Å². The molecular formula is C12H18Cl2N2. The van der Waals surface area contributed by atoms with E-state index in [1.165, 1.54) is 0 Å². The monoisotopic (exact) mass is 260 g/mol. The van der Waals surface area contributed by atoms with Crippen LogP contribution in [0.2, 0.25) is 10.0 Å². The lowest BCUT2D eigenvalue weighted by Gasteiger charge is -2.22. The van der Waals surface area contributed by atoms with Gasteiger partial charge in [-0.3, -0.25) is 11.3 Å². The summed E-state index contributed by atoms with van der Waals surface area (Å²) >= 11 is 11.8.